The van der Waals surface area contributed by atoms with Crippen molar-refractivity contribution < 1.29 is 0 Å². The first-order chi connectivity index (χ1) is 10.1. The summed E-state index contributed by atoms with van der Waals surface area (Å²) in [7, 11) is 0. The molecule has 0 fully saturated rings. The van der Waals surface area contributed by atoms with E-state index in [0.717, 1.165) is 45.8 Å². The summed E-state index contributed by atoms with van der Waals surface area (Å²) in [6.07, 6.45) is 5.52. The summed E-state index contributed by atoms with van der Waals surface area (Å²) < 4.78 is 0.990. The van der Waals surface area contributed by atoms with Gasteiger partial charge in [0.1, 0.15) is 0 Å². The molecule has 1 N–H and O–H groups in total. The standard InChI is InChI=1S/C16H19BrClN3/c1-3-6-19-15(16-10-20-11(2)9-21-16)7-12-4-5-13(17)8-14(12)18/h4-5,8-10,15,19H,3,6-7H2,1-2H3. The first-order valence-electron chi connectivity index (χ1n) is 7.06. The summed E-state index contributed by atoms with van der Waals surface area (Å²) in [5.74, 6) is 0. The van der Waals surface area contributed by atoms with Crippen LogP contribution in [0.2, 0.25) is 5.02 Å². The summed E-state index contributed by atoms with van der Waals surface area (Å²) in [4.78, 5) is 8.84. The molecule has 2 rings (SSSR count). The normalized spacial score (nSPS) is 12.4. The number of nitrogens with zero attached hydrogens (tertiary/aromatic N) is 2. The second kappa shape index (κ2) is 7.87. The van der Waals surface area contributed by atoms with E-state index in [2.05, 4.69) is 44.2 Å². The quantitative estimate of drug-likeness (QED) is 0.816. The Bertz CT molecular complexity index is 587. The van der Waals surface area contributed by atoms with E-state index in [4.69, 9.17) is 11.6 Å². The second-order valence-corrected chi connectivity index (χ2v) is 6.35. The van der Waals surface area contributed by atoms with Crippen molar-refractivity contribution >= 4 is 27.5 Å². The molecule has 0 saturated heterocycles. The SMILES string of the molecule is CCCNC(Cc1ccc(Br)cc1Cl)c1cnc(C)cn1. The van der Waals surface area contributed by atoms with E-state index in [1.165, 1.54) is 0 Å². The topological polar surface area (TPSA) is 37.8 Å². The van der Waals surface area contributed by atoms with Crippen LogP contribution in [-0.2, 0) is 6.42 Å². The third-order valence-electron chi connectivity index (χ3n) is 3.24. The molecule has 0 radical (unpaired) electrons. The van der Waals surface area contributed by atoms with Crippen LogP contribution in [0.1, 0.15) is 36.3 Å². The van der Waals surface area contributed by atoms with Gasteiger partial charge in [0.25, 0.3) is 0 Å². The maximum absolute atomic E-state index is 6.33. The first-order valence-corrected chi connectivity index (χ1v) is 8.23. The zero-order valence-electron chi connectivity index (χ0n) is 12.2. The predicted molar refractivity (Wildman–Crippen MR) is 90.7 cm³/mol. The summed E-state index contributed by atoms with van der Waals surface area (Å²) in [5.41, 5.74) is 2.98. The van der Waals surface area contributed by atoms with Crippen LogP contribution in [0.4, 0.5) is 0 Å². The van der Waals surface area contributed by atoms with Crippen LogP contribution in [-0.4, -0.2) is 16.5 Å². The molecule has 0 aliphatic carbocycles. The number of aromatic nitrogens is 2. The molecule has 21 heavy (non-hydrogen) atoms. The Kier molecular flexibility index (Phi) is 6.15. The van der Waals surface area contributed by atoms with Gasteiger partial charge >= 0.3 is 0 Å². The Hall–Kier alpha value is -0.970. The van der Waals surface area contributed by atoms with E-state index in [1.807, 2.05) is 25.3 Å². The van der Waals surface area contributed by atoms with Crippen LogP contribution >= 0.6 is 27.5 Å². The zero-order chi connectivity index (χ0) is 15.2. The number of hydrogen-bond donors (Lipinski definition) is 1. The summed E-state index contributed by atoms with van der Waals surface area (Å²) >= 11 is 9.76. The minimum Gasteiger partial charge on any atom is -0.308 e. The van der Waals surface area contributed by atoms with Gasteiger partial charge in [0.2, 0.25) is 0 Å². The Labute approximate surface area is 139 Å². The van der Waals surface area contributed by atoms with Crippen LogP contribution in [0.3, 0.4) is 0 Å². The number of rotatable bonds is 6. The molecule has 1 heterocycles. The summed E-state index contributed by atoms with van der Waals surface area (Å²) in [5, 5.41) is 4.29. The molecule has 1 atom stereocenters. The fraction of sp³-hybridized carbons (Fsp3) is 0.375. The summed E-state index contributed by atoms with van der Waals surface area (Å²) in [6, 6.07) is 6.11. The minimum atomic E-state index is 0.122. The van der Waals surface area contributed by atoms with E-state index in [-0.39, 0.29) is 6.04 Å². The van der Waals surface area contributed by atoms with Crippen molar-refractivity contribution in [3.63, 3.8) is 0 Å². The molecule has 0 amide bonds. The zero-order valence-corrected chi connectivity index (χ0v) is 14.6. The first kappa shape index (κ1) is 16.4. The van der Waals surface area contributed by atoms with Gasteiger partial charge in [-0.25, -0.2) is 0 Å². The molecule has 1 aromatic heterocycles. The van der Waals surface area contributed by atoms with E-state index < -0.39 is 0 Å². The lowest BCUT2D eigenvalue weighted by molar-refractivity contribution is 0.515. The smallest absolute Gasteiger partial charge is 0.0759 e. The molecule has 1 aromatic carbocycles. The lowest BCUT2D eigenvalue weighted by Crippen LogP contribution is -2.25. The van der Waals surface area contributed by atoms with Crippen molar-refractivity contribution in [2.24, 2.45) is 0 Å². The van der Waals surface area contributed by atoms with Gasteiger partial charge in [0.05, 0.1) is 23.6 Å². The van der Waals surface area contributed by atoms with Crippen LogP contribution in [0.25, 0.3) is 0 Å². The third kappa shape index (κ3) is 4.77. The van der Waals surface area contributed by atoms with Gasteiger partial charge in [-0.3, -0.25) is 9.97 Å². The van der Waals surface area contributed by atoms with Gasteiger partial charge in [-0.1, -0.05) is 40.5 Å². The van der Waals surface area contributed by atoms with Crippen molar-refractivity contribution in [3.05, 3.63) is 57.0 Å². The molecule has 2 aromatic rings. The van der Waals surface area contributed by atoms with Gasteiger partial charge in [0.15, 0.2) is 0 Å². The monoisotopic (exact) mass is 367 g/mol. The third-order valence-corrected chi connectivity index (χ3v) is 4.08. The fourth-order valence-corrected chi connectivity index (χ4v) is 2.84. The molecule has 1 unspecified atom stereocenters. The Morgan fingerprint density at radius 3 is 2.71 bits per heavy atom. The Morgan fingerprint density at radius 2 is 2.10 bits per heavy atom. The van der Waals surface area contributed by atoms with Crippen LogP contribution in [0.5, 0.6) is 0 Å². The second-order valence-electron chi connectivity index (χ2n) is 5.03. The minimum absolute atomic E-state index is 0.122. The number of benzene rings is 1. The maximum atomic E-state index is 6.33. The molecule has 0 aliphatic rings. The molecular weight excluding hydrogens is 350 g/mol. The largest absolute Gasteiger partial charge is 0.308 e. The van der Waals surface area contributed by atoms with Gasteiger partial charge < -0.3 is 5.32 Å². The van der Waals surface area contributed by atoms with Gasteiger partial charge in [-0.05, 0) is 44.0 Å². The van der Waals surface area contributed by atoms with Crippen molar-refractivity contribution in [1.82, 2.24) is 15.3 Å². The molecule has 3 nitrogen and oxygen atoms in total. The molecule has 0 saturated carbocycles. The van der Waals surface area contributed by atoms with Gasteiger partial charge in [-0.2, -0.15) is 0 Å². The van der Waals surface area contributed by atoms with E-state index in [9.17, 15) is 0 Å². The van der Waals surface area contributed by atoms with Crippen LogP contribution < -0.4 is 5.32 Å². The highest BCUT2D eigenvalue weighted by Gasteiger charge is 2.15. The molecule has 0 bridgehead atoms. The van der Waals surface area contributed by atoms with Crippen molar-refractivity contribution in [1.29, 1.82) is 0 Å². The van der Waals surface area contributed by atoms with Gasteiger partial charge in [0, 0.05) is 15.7 Å². The van der Waals surface area contributed by atoms with Crippen molar-refractivity contribution in [2.45, 2.75) is 32.7 Å². The lowest BCUT2D eigenvalue weighted by Gasteiger charge is -2.18. The molecule has 0 aliphatic heterocycles. The predicted octanol–water partition coefficient (Wildman–Crippen LogP) is 4.48. The number of nitrogens with one attached hydrogen (secondary N) is 1. The number of hydrogen-bond acceptors (Lipinski definition) is 3. The Balaban J connectivity index is 2.21. The van der Waals surface area contributed by atoms with Crippen molar-refractivity contribution in [2.75, 3.05) is 6.54 Å². The molecule has 112 valence electrons. The Morgan fingerprint density at radius 1 is 1.29 bits per heavy atom. The van der Waals surface area contributed by atoms with E-state index >= 15 is 0 Å². The van der Waals surface area contributed by atoms with Crippen molar-refractivity contribution in [3.8, 4) is 0 Å². The van der Waals surface area contributed by atoms with E-state index in [1.54, 1.807) is 6.20 Å². The average molecular weight is 369 g/mol. The van der Waals surface area contributed by atoms with Crippen LogP contribution in [0, 0.1) is 6.92 Å². The molecule has 0 spiro atoms. The van der Waals surface area contributed by atoms with E-state index in [0.29, 0.717) is 0 Å². The highest BCUT2D eigenvalue weighted by atomic mass is 79.9. The lowest BCUT2D eigenvalue weighted by atomic mass is 10.0. The highest BCUT2D eigenvalue weighted by Crippen LogP contribution is 2.25. The molecular formula is C16H19BrClN3. The number of aryl methyl sites for hydroxylation is 1. The molecule has 5 heteroatoms. The summed E-state index contributed by atoms with van der Waals surface area (Å²) in [6.45, 7) is 5.03. The number of halogens is 2. The van der Waals surface area contributed by atoms with Crippen LogP contribution in [0.15, 0.2) is 35.1 Å². The average Bonchev–Trinajstić information content (AvgIpc) is 2.46. The fourth-order valence-electron chi connectivity index (χ4n) is 2.09. The van der Waals surface area contributed by atoms with Gasteiger partial charge in [-0.15, -0.1) is 0 Å². The maximum Gasteiger partial charge on any atom is 0.0759 e. The highest BCUT2D eigenvalue weighted by molar-refractivity contribution is 9.10.